The van der Waals surface area contributed by atoms with Crippen LogP contribution in [0, 0.1) is 23.7 Å². The van der Waals surface area contributed by atoms with E-state index in [1.54, 1.807) is 0 Å². The summed E-state index contributed by atoms with van der Waals surface area (Å²) in [4.78, 5) is 10.1. The molecule has 3 heteroatoms. The van der Waals surface area contributed by atoms with Crippen LogP contribution in [0.3, 0.4) is 0 Å². The first-order chi connectivity index (χ1) is 18.8. The molecular weight excluding hydrogens is 519 g/mol. The van der Waals surface area contributed by atoms with Crippen LogP contribution in [0.15, 0.2) is 58.5 Å². The molecule has 39 heavy (non-hydrogen) atoms. The Bertz CT molecular complexity index is 1110. The van der Waals surface area contributed by atoms with Gasteiger partial charge in [-0.2, -0.15) is 0 Å². The summed E-state index contributed by atoms with van der Waals surface area (Å²) >= 11 is 0. The summed E-state index contributed by atoms with van der Waals surface area (Å²) in [5, 5.41) is 0. The maximum Gasteiger partial charge on any atom is 0.0665 e. The van der Waals surface area contributed by atoms with Gasteiger partial charge in [0.2, 0.25) is 0 Å². The Morgan fingerprint density at radius 3 is 1.74 bits per heavy atom. The van der Waals surface area contributed by atoms with Crippen LogP contribution in [0.2, 0.25) is 0 Å². The maximum atomic E-state index is 5.15. The van der Waals surface area contributed by atoms with Crippen molar-refractivity contribution >= 4 is 23.3 Å². The van der Waals surface area contributed by atoms with Gasteiger partial charge in [-0.1, -0.05) is 76.4 Å². The van der Waals surface area contributed by atoms with Crippen molar-refractivity contribution in [3.05, 3.63) is 59.7 Å². The van der Waals surface area contributed by atoms with Gasteiger partial charge in [0.1, 0.15) is 0 Å². The molecule has 2 nitrogen and oxygen atoms in total. The molecule has 0 aliphatic rings. The van der Waals surface area contributed by atoms with Crippen LogP contribution in [-0.2, 0) is 29.3 Å². The summed E-state index contributed by atoms with van der Waals surface area (Å²) in [5.41, 5.74) is 5.78. The summed E-state index contributed by atoms with van der Waals surface area (Å²) in [6.45, 7) is 6.61. The molecule has 0 fully saturated rings. The molecule has 0 radical (unpaired) electrons. The number of nitrogens with zero attached hydrogens (tertiary/aromatic N) is 2. The molecule has 212 valence electrons. The third-order valence-corrected chi connectivity index (χ3v) is 6.38. The molecule has 0 aliphatic heterocycles. The summed E-state index contributed by atoms with van der Waals surface area (Å²) in [5.74, 6) is 13.1. The van der Waals surface area contributed by atoms with E-state index in [0.29, 0.717) is 0 Å². The van der Waals surface area contributed by atoms with E-state index >= 15 is 0 Å². The molecule has 0 atom stereocenters. The van der Waals surface area contributed by atoms with Gasteiger partial charge in [-0.3, -0.25) is 9.98 Å². The van der Waals surface area contributed by atoms with E-state index in [-0.39, 0.29) is 16.5 Å². The third kappa shape index (κ3) is 15.5. The van der Waals surface area contributed by atoms with Gasteiger partial charge >= 0.3 is 0 Å². The maximum absolute atomic E-state index is 5.15. The topological polar surface area (TPSA) is 24.7 Å². The first kappa shape index (κ1) is 34.4. The fraction of sp³-hybridized carbons (Fsp3) is 0.500. The van der Waals surface area contributed by atoms with Gasteiger partial charge in [0.15, 0.2) is 0 Å². The predicted molar refractivity (Wildman–Crippen MR) is 168 cm³/mol. The molecule has 0 spiro atoms. The summed E-state index contributed by atoms with van der Waals surface area (Å²) < 4.78 is 0. The van der Waals surface area contributed by atoms with Crippen LogP contribution in [0.5, 0.6) is 0 Å². The monoisotopic (exact) mass is 566 g/mol. The fourth-order valence-corrected chi connectivity index (χ4v) is 4.20. The standard InChI is InChI=1S/C36H48N2.Ni/c1-4-7-10-13-15-17-24-32-26-20-22-29-35(32)37-31-34(28-19-12-9-6-3)38-36-30-23-21-27-33(36)25-18-16-14-11-8-5-2;/h20-23,26-27,29-31H,4-9,12,15-19,24-25,28H2,1-3H3;. The van der Waals surface area contributed by atoms with Crippen molar-refractivity contribution in [3.63, 3.8) is 0 Å². The van der Waals surface area contributed by atoms with Crippen LogP contribution in [0.4, 0.5) is 11.4 Å². The van der Waals surface area contributed by atoms with E-state index in [0.717, 1.165) is 94.1 Å². The van der Waals surface area contributed by atoms with Crippen molar-refractivity contribution in [2.45, 2.75) is 117 Å². The van der Waals surface area contributed by atoms with Gasteiger partial charge in [0.25, 0.3) is 0 Å². The molecule has 0 aromatic heterocycles. The third-order valence-electron chi connectivity index (χ3n) is 6.38. The number of benzene rings is 2. The van der Waals surface area contributed by atoms with Crippen molar-refractivity contribution in [1.82, 2.24) is 0 Å². The molecule has 0 aliphatic carbocycles. The SMILES string of the molecule is CCCC#CCCCc1ccccc1N=CC(CCCCCC)=Nc1ccccc1CCCC#CCCC.[Ni]. The van der Waals surface area contributed by atoms with Crippen LogP contribution < -0.4 is 0 Å². The van der Waals surface area contributed by atoms with E-state index in [4.69, 9.17) is 9.98 Å². The summed E-state index contributed by atoms with van der Waals surface area (Å²) in [6.07, 6.45) is 18.1. The molecule has 0 saturated carbocycles. The Morgan fingerprint density at radius 2 is 1.15 bits per heavy atom. The number of aryl methyl sites for hydroxylation is 2. The first-order valence-corrected chi connectivity index (χ1v) is 15.0. The second-order valence-electron chi connectivity index (χ2n) is 9.84. The summed E-state index contributed by atoms with van der Waals surface area (Å²) in [6, 6.07) is 17.1. The zero-order valence-electron chi connectivity index (χ0n) is 24.5. The van der Waals surface area contributed by atoms with Gasteiger partial charge in [-0.15, -0.1) is 23.7 Å². The van der Waals surface area contributed by atoms with Crippen LogP contribution in [0.1, 0.15) is 115 Å². The minimum atomic E-state index is 0. The Morgan fingerprint density at radius 1 is 0.615 bits per heavy atom. The number of hydrogen-bond acceptors (Lipinski definition) is 2. The Balaban J connectivity index is 0.00000760. The smallest absolute Gasteiger partial charge is 0.0665 e. The zero-order chi connectivity index (χ0) is 27.1. The first-order valence-electron chi connectivity index (χ1n) is 15.0. The molecule has 2 aromatic rings. The second kappa shape index (κ2) is 23.3. The normalized spacial score (nSPS) is 10.9. The fourth-order valence-electron chi connectivity index (χ4n) is 4.20. The molecule has 0 heterocycles. The molecule has 0 saturated heterocycles. The van der Waals surface area contributed by atoms with Crippen molar-refractivity contribution in [1.29, 1.82) is 0 Å². The largest absolute Gasteiger partial charge is 0.255 e. The average molecular weight is 567 g/mol. The van der Waals surface area contributed by atoms with Crippen LogP contribution in [0.25, 0.3) is 0 Å². The number of para-hydroxylation sites is 2. The Labute approximate surface area is 249 Å². The molecule has 2 rings (SSSR count). The van der Waals surface area contributed by atoms with Gasteiger partial charge in [-0.25, -0.2) is 0 Å². The second-order valence-corrected chi connectivity index (χ2v) is 9.84. The quantitative estimate of drug-likeness (QED) is 0.0835. The van der Waals surface area contributed by atoms with Gasteiger partial charge in [-0.05, 0) is 74.6 Å². The molecule has 0 unspecified atom stereocenters. The van der Waals surface area contributed by atoms with Crippen molar-refractivity contribution < 1.29 is 16.5 Å². The molecule has 0 amide bonds. The minimum Gasteiger partial charge on any atom is -0.255 e. The van der Waals surface area contributed by atoms with E-state index in [1.807, 2.05) is 6.21 Å². The van der Waals surface area contributed by atoms with E-state index < -0.39 is 0 Å². The molecule has 0 N–H and O–H groups in total. The van der Waals surface area contributed by atoms with E-state index in [1.165, 1.54) is 30.4 Å². The molecule has 0 bridgehead atoms. The predicted octanol–water partition coefficient (Wildman–Crippen LogP) is 10.4. The number of hydrogen-bond donors (Lipinski definition) is 0. The molecule has 2 aromatic carbocycles. The van der Waals surface area contributed by atoms with Crippen molar-refractivity contribution in [2.24, 2.45) is 9.98 Å². The Kier molecular flexibility index (Phi) is 20.6. The van der Waals surface area contributed by atoms with Gasteiger partial charge in [0, 0.05) is 48.4 Å². The zero-order valence-corrected chi connectivity index (χ0v) is 25.5. The van der Waals surface area contributed by atoms with E-state index in [9.17, 15) is 0 Å². The minimum absolute atomic E-state index is 0. The van der Waals surface area contributed by atoms with Crippen LogP contribution >= 0.6 is 0 Å². The number of aliphatic imine (C=N–C) groups is 2. The number of unbranched alkanes of at least 4 members (excludes halogenated alkanes) is 7. The average Bonchev–Trinajstić information content (AvgIpc) is 2.94. The van der Waals surface area contributed by atoms with Crippen molar-refractivity contribution in [3.8, 4) is 23.7 Å². The van der Waals surface area contributed by atoms with Crippen molar-refractivity contribution in [2.75, 3.05) is 0 Å². The Hall–Kier alpha value is -2.61. The van der Waals surface area contributed by atoms with Gasteiger partial charge in [0.05, 0.1) is 17.1 Å². The van der Waals surface area contributed by atoms with Gasteiger partial charge < -0.3 is 0 Å². The molecular formula is C36H48N2Ni. The number of rotatable bonds is 16. The van der Waals surface area contributed by atoms with E-state index in [2.05, 4.69) is 93.0 Å². The van der Waals surface area contributed by atoms with Crippen LogP contribution in [-0.4, -0.2) is 11.9 Å². The summed E-state index contributed by atoms with van der Waals surface area (Å²) in [7, 11) is 0.